The number of aliphatic hydroxyl groups is 1. The van der Waals surface area contributed by atoms with E-state index in [1.165, 1.54) is 0 Å². The van der Waals surface area contributed by atoms with Crippen LogP contribution in [-0.4, -0.2) is 23.2 Å². The van der Waals surface area contributed by atoms with Crippen LogP contribution in [0, 0.1) is 11.3 Å². The van der Waals surface area contributed by atoms with Crippen LogP contribution in [-0.2, 0) is 4.79 Å². The Morgan fingerprint density at radius 1 is 1.73 bits per heavy atom. The van der Waals surface area contributed by atoms with E-state index < -0.39 is 11.5 Å². The van der Waals surface area contributed by atoms with Crippen LogP contribution in [0.25, 0.3) is 0 Å². The van der Waals surface area contributed by atoms with Crippen molar-refractivity contribution in [2.75, 3.05) is 6.54 Å². The van der Waals surface area contributed by atoms with Crippen molar-refractivity contribution in [1.82, 2.24) is 5.32 Å². The zero-order chi connectivity index (χ0) is 8.32. The first-order valence-corrected chi connectivity index (χ1v) is 3.57. The molecule has 1 amide bonds. The SMILES string of the molecule is N#CCNC(=O)C1(O)CCC1. The lowest BCUT2D eigenvalue weighted by Crippen LogP contribution is -2.51. The van der Waals surface area contributed by atoms with E-state index in [1.54, 1.807) is 6.07 Å². The topological polar surface area (TPSA) is 73.1 Å². The van der Waals surface area contributed by atoms with E-state index in [1.807, 2.05) is 0 Å². The van der Waals surface area contributed by atoms with Gasteiger partial charge in [-0.25, -0.2) is 0 Å². The third kappa shape index (κ3) is 1.49. The minimum absolute atomic E-state index is 0.0266. The lowest BCUT2D eigenvalue weighted by Gasteiger charge is -2.34. The molecular weight excluding hydrogens is 144 g/mol. The molecule has 0 saturated heterocycles. The van der Waals surface area contributed by atoms with E-state index in [-0.39, 0.29) is 6.54 Å². The second-order valence-electron chi connectivity index (χ2n) is 2.73. The second kappa shape index (κ2) is 2.89. The normalized spacial score (nSPS) is 19.6. The van der Waals surface area contributed by atoms with Crippen molar-refractivity contribution in [3.63, 3.8) is 0 Å². The summed E-state index contributed by atoms with van der Waals surface area (Å²) in [5, 5.41) is 19.8. The number of hydrogen-bond donors (Lipinski definition) is 2. The third-order valence-corrected chi connectivity index (χ3v) is 1.93. The molecular formula is C7H10N2O2. The van der Waals surface area contributed by atoms with Crippen molar-refractivity contribution >= 4 is 5.91 Å². The molecule has 11 heavy (non-hydrogen) atoms. The highest BCUT2D eigenvalue weighted by molar-refractivity contribution is 5.85. The molecule has 0 aromatic carbocycles. The number of rotatable bonds is 2. The minimum Gasteiger partial charge on any atom is -0.380 e. The Labute approximate surface area is 64.8 Å². The van der Waals surface area contributed by atoms with E-state index in [0.29, 0.717) is 12.8 Å². The Balaban J connectivity index is 2.36. The summed E-state index contributed by atoms with van der Waals surface area (Å²) in [6.45, 7) is -0.0266. The smallest absolute Gasteiger partial charge is 0.252 e. The minimum atomic E-state index is -1.17. The van der Waals surface area contributed by atoms with Crippen LogP contribution >= 0.6 is 0 Å². The molecule has 0 heterocycles. The average molecular weight is 154 g/mol. The van der Waals surface area contributed by atoms with Gasteiger partial charge in [0.2, 0.25) is 0 Å². The van der Waals surface area contributed by atoms with Gasteiger partial charge in [-0.1, -0.05) is 0 Å². The largest absolute Gasteiger partial charge is 0.380 e. The fourth-order valence-electron chi connectivity index (χ4n) is 1.02. The molecule has 0 bridgehead atoms. The molecule has 1 saturated carbocycles. The van der Waals surface area contributed by atoms with E-state index in [9.17, 15) is 9.90 Å². The lowest BCUT2D eigenvalue weighted by molar-refractivity contribution is -0.148. The fraction of sp³-hybridized carbons (Fsp3) is 0.714. The Morgan fingerprint density at radius 2 is 2.36 bits per heavy atom. The number of carbonyl (C=O) groups excluding carboxylic acids is 1. The first-order chi connectivity index (χ1) is 5.19. The molecule has 0 aromatic rings. The number of carbonyl (C=O) groups is 1. The second-order valence-corrected chi connectivity index (χ2v) is 2.73. The van der Waals surface area contributed by atoms with Crippen molar-refractivity contribution in [3.8, 4) is 6.07 Å². The third-order valence-electron chi connectivity index (χ3n) is 1.93. The number of nitrogens with one attached hydrogen (secondary N) is 1. The predicted octanol–water partition coefficient (Wildman–Crippen LogP) is -0.459. The van der Waals surface area contributed by atoms with Crippen molar-refractivity contribution in [1.29, 1.82) is 5.26 Å². The zero-order valence-corrected chi connectivity index (χ0v) is 6.13. The van der Waals surface area contributed by atoms with E-state index in [2.05, 4.69) is 5.32 Å². The van der Waals surface area contributed by atoms with Crippen LogP contribution in [0.3, 0.4) is 0 Å². The summed E-state index contributed by atoms with van der Waals surface area (Å²) >= 11 is 0. The van der Waals surface area contributed by atoms with Gasteiger partial charge in [0, 0.05) is 0 Å². The van der Waals surface area contributed by atoms with Crippen LogP contribution in [0.2, 0.25) is 0 Å². The van der Waals surface area contributed by atoms with E-state index >= 15 is 0 Å². The number of nitrogens with zero attached hydrogens (tertiary/aromatic N) is 1. The molecule has 1 aliphatic carbocycles. The summed E-state index contributed by atoms with van der Waals surface area (Å²) in [6.07, 6.45) is 1.92. The Kier molecular flexibility index (Phi) is 2.11. The Hall–Kier alpha value is -1.08. The molecule has 0 spiro atoms. The van der Waals surface area contributed by atoms with E-state index in [0.717, 1.165) is 6.42 Å². The maximum absolute atomic E-state index is 11.0. The summed E-state index contributed by atoms with van der Waals surface area (Å²) in [4.78, 5) is 11.0. The van der Waals surface area contributed by atoms with Gasteiger partial charge in [-0.2, -0.15) is 5.26 Å². The fourth-order valence-corrected chi connectivity index (χ4v) is 1.02. The van der Waals surface area contributed by atoms with Gasteiger partial charge in [0.25, 0.3) is 5.91 Å². The van der Waals surface area contributed by atoms with Gasteiger partial charge in [-0.3, -0.25) is 4.79 Å². The molecule has 1 fully saturated rings. The number of nitriles is 1. The van der Waals surface area contributed by atoms with Gasteiger partial charge >= 0.3 is 0 Å². The zero-order valence-electron chi connectivity index (χ0n) is 6.13. The highest BCUT2D eigenvalue weighted by Gasteiger charge is 2.41. The summed E-state index contributed by atoms with van der Waals surface area (Å²) in [7, 11) is 0. The molecule has 0 radical (unpaired) electrons. The van der Waals surface area contributed by atoms with Gasteiger partial charge < -0.3 is 10.4 Å². The van der Waals surface area contributed by atoms with E-state index in [4.69, 9.17) is 5.26 Å². The first kappa shape index (κ1) is 8.02. The highest BCUT2D eigenvalue weighted by Crippen LogP contribution is 2.31. The number of amides is 1. The molecule has 0 aliphatic heterocycles. The predicted molar refractivity (Wildman–Crippen MR) is 37.4 cm³/mol. The van der Waals surface area contributed by atoms with Crippen molar-refractivity contribution in [2.24, 2.45) is 0 Å². The summed E-state index contributed by atoms with van der Waals surface area (Å²) in [5.41, 5.74) is -1.17. The number of hydrogen-bond acceptors (Lipinski definition) is 3. The first-order valence-electron chi connectivity index (χ1n) is 3.57. The molecule has 1 aliphatic rings. The van der Waals surface area contributed by atoms with Gasteiger partial charge in [0.1, 0.15) is 12.1 Å². The molecule has 1 rings (SSSR count). The average Bonchev–Trinajstić information content (AvgIpc) is 1.95. The molecule has 2 N–H and O–H groups in total. The van der Waals surface area contributed by atoms with Crippen molar-refractivity contribution in [2.45, 2.75) is 24.9 Å². The van der Waals surface area contributed by atoms with Crippen LogP contribution < -0.4 is 5.32 Å². The Bertz CT molecular complexity index is 203. The monoisotopic (exact) mass is 154 g/mol. The molecule has 4 heteroatoms. The highest BCUT2D eigenvalue weighted by atomic mass is 16.3. The van der Waals surface area contributed by atoms with Gasteiger partial charge in [0.15, 0.2) is 0 Å². The van der Waals surface area contributed by atoms with Crippen LogP contribution in [0.5, 0.6) is 0 Å². The molecule has 60 valence electrons. The maximum atomic E-state index is 11.0. The quantitative estimate of drug-likeness (QED) is 0.528. The van der Waals surface area contributed by atoms with Gasteiger partial charge in [0.05, 0.1) is 6.07 Å². The van der Waals surface area contributed by atoms with Crippen molar-refractivity contribution in [3.05, 3.63) is 0 Å². The van der Waals surface area contributed by atoms with Crippen molar-refractivity contribution < 1.29 is 9.90 Å². The van der Waals surface area contributed by atoms with Gasteiger partial charge in [-0.15, -0.1) is 0 Å². The van der Waals surface area contributed by atoms with Crippen LogP contribution in [0.15, 0.2) is 0 Å². The van der Waals surface area contributed by atoms with Crippen LogP contribution in [0.4, 0.5) is 0 Å². The standard InChI is InChI=1S/C7H10N2O2/c8-4-5-9-6(10)7(11)2-1-3-7/h11H,1-3,5H2,(H,9,10). The summed E-state index contributed by atoms with van der Waals surface area (Å²) in [6, 6.07) is 1.78. The molecule has 4 nitrogen and oxygen atoms in total. The molecule has 0 unspecified atom stereocenters. The Morgan fingerprint density at radius 3 is 2.73 bits per heavy atom. The summed E-state index contributed by atoms with van der Waals surface area (Å²) in [5.74, 6) is -0.412. The summed E-state index contributed by atoms with van der Waals surface area (Å²) < 4.78 is 0. The molecule has 0 atom stereocenters. The maximum Gasteiger partial charge on any atom is 0.252 e. The lowest BCUT2D eigenvalue weighted by atomic mass is 9.79. The molecule has 0 aromatic heterocycles. The van der Waals surface area contributed by atoms with Crippen LogP contribution in [0.1, 0.15) is 19.3 Å². The van der Waals surface area contributed by atoms with Gasteiger partial charge in [-0.05, 0) is 19.3 Å².